The molecule has 0 rings (SSSR count). The summed E-state index contributed by atoms with van der Waals surface area (Å²) < 4.78 is 0. The van der Waals surface area contributed by atoms with Crippen molar-refractivity contribution in [2.45, 2.75) is 53.0 Å². The van der Waals surface area contributed by atoms with Crippen molar-refractivity contribution in [1.82, 2.24) is 9.80 Å². The molecule has 0 heterocycles. The number of nitrogens with zero attached hydrogens (tertiary/aromatic N) is 2. The van der Waals surface area contributed by atoms with Crippen molar-refractivity contribution >= 4 is 0 Å². The molecule has 0 aromatic rings. The number of rotatable bonds is 10. The van der Waals surface area contributed by atoms with Crippen molar-refractivity contribution in [2.24, 2.45) is 5.73 Å². The van der Waals surface area contributed by atoms with Crippen LogP contribution in [0.1, 0.15) is 47.5 Å². The van der Waals surface area contributed by atoms with Crippen LogP contribution in [0.5, 0.6) is 0 Å². The van der Waals surface area contributed by atoms with Crippen molar-refractivity contribution in [3.05, 3.63) is 0 Å². The lowest BCUT2D eigenvalue weighted by atomic mass is 9.96. The maximum atomic E-state index is 5.93. The zero-order valence-electron chi connectivity index (χ0n) is 12.6. The normalized spacial score (nSPS) is 15.5. The second-order valence-electron chi connectivity index (χ2n) is 5.01. The molecule has 0 amide bonds. The molecule has 0 aliphatic rings. The highest BCUT2D eigenvalue weighted by Gasteiger charge is 2.26. The molecule has 1 atom stereocenters. The molecule has 0 saturated carbocycles. The predicted molar refractivity (Wildman–Crippen MR) is 77.4 cm³/mol. The van der Waals surface area contributed by atoms with Gasteiger partial charge in [0, 0.05) is 12.1 Å². The minimum atomic E-state index is 0.179. The van der Waals surface area contributed by atoms with Crippen LogP contribution in [0.4, 0.5) is 0 Å². The van der Waals surface area contributed by atoms with Crippen molar-refractivity contribution in [2.75, 3.05) is 39.3 Å². The Morgan fingerprint density at radius 2 is 1.53 bits per heavy atom. The molecule has 0 bridgehead atoms. The minimum Gasteiger partial charge on any atom is -0.329 e. The number of hydrogen-bond acceptors (Lipinski definition) is 3. The van der Waals surface area contributed by atoms with Gasteiger partial charge < -0.3 is 10.6 Å². The Bertz CT molecular complexity index is 174. The van der Waals surface area contributed by atoms with E-state index in [1.54, 1.807) is 0 Å². The molecule has 104 valence electrons. The highest BCUT2D eigenvalue weighted by Crippen LogP contribution is 2.17. The fourth-order valence-corrected chi connectivity index (χ4v) is 2.33. The second-order valence-corrected chi connectivity index (χ2v) is 5.01. The Hall–Kier alpha value is -0.120. The number of likely N-dealkylation sites (N-methyl/N-ethyl adjacent to an activating group) is 1. The Morgan fingerprint density at radius 3 is 1.88 bits per heavy atom. The standard InChI is InChI=1S/C14H33N3/c1-6-14(5,13-15)17(9-4)12-10-11-16(7-2)8-3/h6-13,15H2,1-5H3. The summed E-state index contributed by atoms with van der Waals surface area (Å²) in [5, 5.41) is 0. The van der Waals surface area contributed by atoms with E-state index in [0.717, 1.165) is 39.1 Å². The van der Waals surface area contributed by atoms with Gasteiger partial charge in [0.05, 0.1) is 0 Å². The van der Waals surface area contributed by atoms with Gasteiger partial charge in [-0.05, 0) is 52.5 Å². The van der Waals surface area contributed by atoms with Crippen LogP contribution in [0.25, 0.3) is 0 Å². The van der Waals surface area contributed by atoms with Crippen LogP contribution < -0.4 is 5.73 Å². The summed E-state index contributed by atoms with van der Waals surface area (Å²) in [6.45, 7) is 17.8. The van der Waals surface area contributed by atoms with Gasteiger partial charge >= 0.3 is 0 Å². The lowest BCUT2D eigenvalue weighted by molar-refractivity contribution is 0.106. The first-order chi connectivity index (χ1) is 8.07. The molecule has 0 aromatic heterocycles. The maximum absolute atomic E-state index is 5.93. The van der Waals surface area contributed by atoms with Crippen LogP contribution in [0.3, 0.4) is 0 Å². The summed E-state index contributed by atoms with van der Waals surface area (Å²) in [7, 11) is 0. The third kappa shape index (κ3) is 5.36. The molecule has 0 saturated heterocycles. The lowest BCUT2D eigenvalue weighted by Gasteiger charge is -2.40. The van der Waals surface area contributed by atoms with E-state index in [2.05, 4.69) is 44.4 Å². The molecule has 0 spiro atoms. The van der Waals surface area contributed by atoms with Crippen molar-refractivity contribution < 1.29 is 0 Å². The molecule has 2 N–H and O–H groups in total. The highest BCUT2D eigenvalue weighted by molar-refractivity contribution is 4.85. The van der Waals surface area contributed by atoms with Gasteiger partial charge in [0.15, 0.2) is 0 Å². The van der Waals surface area contributed by atoms with Gasteiger partial charge in [0.1, 0.15) is 0 Å². The molecular weight excluding hydrogens is 210 g/mol. The summed E-state index contributed by atoms with van der Waals surface area (Å²) >= 11 is 0. The highest BCUT2D eigenvalue weighted by atomic mass is 15.2. The van der Waals surface area contributed by atoms with E-state index in [-0.39, 0.29) is 5.54 Å². The van der Waals surface area contributed by atoms with Crippen LogP contribution >= 0.6 is 0 Å². The predicted octanol–water partition coefficient (Wildman–Crippen LogP) is 2.17. The monoisotopic (exact) mass is 243 g/mol. The molecule has 3 heteroatoms. The van der Waals surface area contributed by atoms with Gasteiger partial charge in [-0.1, -0.05) is 27.7 Å². The molecule has 1 unspecified atom stereocenters. The fraction of sp³-hybridized carbons (Fsp3) is 1.00. The molecule has 0 aromatic carbocycles. The summed E-state index contributed by atoms with van der Waals surface area (Å²) in [4.78, 5) is 5.02. The first-order valence-electron chi connectivity index (χ1n) is 7.25. The second kappa shape index (κ2) is 8.90. The largest absolute Gasteiger partial charge is 0.329 e. The fourth-order valence-electron chi connectivity index (χ4n) is 2.33. The van der Waals surface area contributed by atoms with Gasteiger partial charge in [-0.25, -0.2) is 0 Å². The van der Waals surface area contributed by atoms with Crippen molar-refractivity contribution in [3.63, 3.8) is 0 Å². The van der Waals surface area contributed by atoms with E-state index in [0.29, 0.717) is 0 Å². The van der Waals surface area contributed by atoms with Crippen LogP contribution in [0.15, 0.2) is 0 Å². The SMILES string of the molecule is CCN(CC)CCCN(CC)C(C)(CC)CN. The summed E-state index contributed by atoms with van der Waals surface area (Å²) in [5.74, 6) is 0. The van der Waals surface area contributed by atoms with Crippen molar-refractivity contribution in [1.29, 1.82) is 0 Å². The topological polar surface area (TPSA) is 32.5 Å². The third-order valence-electron chi connectivity index (χ3n) is 4.14. The average molecular weight is 243 g/mol. The summed E-state index contributed by atoms with van der Waals surface area (Å²) in [6.07, 6.45) is 2.37. The number of nitrogens with two attached hydrogens (primary N) is 1. The maximum Gasteiger partial charge on any atom is 0.0300 e. The van der Waals surface area contributed by atoms with E-state index in [4.69, 9.17) is 5.73 Å². The molecule has 0 aliphatic heterocycles. The average Bonchev–Trinajstić information content (AvgIpc) is 2.38. The quantitative estimate of drug-likeness (QED) is 0.638. The van der Waals surface area contributed by atoms with Gasteiger partial charge in [-0.3, -0.25) is 4.90 Å². The van der Waals surface area contributed by atoms with Gasteiger partial charge in [-0.15, -0.1) is 0 Å². The van der Waals surface area contributed by atoms with E-state index < -0.39 is 0 Å². The van der Waals surface area contributed by atoms with E-state index in [1.807, 2.05) is 0 Å². The van der Waals surface area contributed by atoms with E-state index >= 15 is 0 Å². The first-order valence-corrected chi connectivity index (χ1v) is 7.25. The summed E-state index contributed by atoms with van der Waals surface area (Å²) in [5.41, 5.74) is 6.10. The zero-order valence-corrected chi connectivity index (χ0v) is 12.6. The van der Waals surface area contributed by atoms with Gasteiger partial charge in [0.25, 0.3) is 0 Å². The smallest absolute Gasteiger partial charge is 0.0300 e. The molecule has 3 nitrogen and oxygen atoms in total. The molecule has 0 aliphatic carbocycles. The first kappa shape index (κ1) is 16.9. The molecule has 0 fully saturated rings. The lowest BCUT2D eigenvalue weighted by Crippen LogP contribution is -2.51. The summed E-state index contributed by atoms with van der Waals surface area (Å²) in [6, 6.07) is 0. The molecular formula is C14H33N3. The Balaban J connectivity index is 4.13. The van der Waals surface area contributed by atoms with Crippen LogP contribution in [-0.4, -0.2) is 54.6 Å². The number of hydrogen-bond donors (Lipinski definition) is 1. The Morgan fingerprint density at radius 1 is 0.941 bits per heavy atom. The zero-order chi connectivity index (χ0) is 13.3. The Kier molecular flexibility index (Phi) is 8.83. The van der Waals surface area contributed by atoms with E-state index in [9.17, 15) is 0 Å². The molecule has 0 radical (unpaired) electrons. The molecule has 17 heavy (non-hydrogen) atoms. The van der Waals surface area contributed by atoms with E-state index in [1.165, 1.54) is 13.0 Å². The minimum absolute atomic E-state index is 0.179. The van der Waals surface area contributed by atoms with Gasteiger partial charge in [0.2, 0.25) is 0 Å². The van der Waals surface area contributed by atoms with Crippen LogP contribution in [-0.2, 0) is 0 Å². The Labute approximate surface area is 108 Å². The van der Waals surface area contributed by atoms with Crippen LogP contribution in [0.2, 0.25) is 0 Å². The van der Waals surface area contributed by atoms with Crippen LogP contribution in [0, 0.1) is 0 Å². The van der Waals surface area contributed by atoms with Crippen molar-refractivity contribution in [3.8, 4) is 0 Å². The van der Waals surface area contributed by atoms with Gasteiger partial charge in [-0.2, -0.15) is 0 Å². The third-order valence-corrected chi connectivity index (χ3v) is 4.14.